The second-order valence-electron chi connectivity index (χ2n) is 7.93. The average Bonchev–Trinajstić information content (AvgIpc) is 3.39. The number of piperidine rings is 1. The normalized spacial score (nSPS) is 15.5. The lowest BCUT2D eigenvalue weighted by molar-refractivity contribution is -0.121. The Bertz CT molecular complexity index is 1080. The number of urea groups is 1. The van der Waals surface area contributed by atoms with Crippen LogP contribution >= 0.6 is 0 Å². The molecular formula is C25H26N4O4. The van der Waals surface area contributed by atoms with Crippen molar-refractivity contribution in [2.45, 2.75) is 19.4 Å². The van der Waals surface area contributed by atoms with Crippen LogP contribution in [0.4, 0.5) is 16.2 Å². The topological polar surface area (TPSA) is 104 Å². The highest BCUT2D eigenvalue weighted by molar-refractivity contribution is 6.02. The molecule has 2 aromatic carbocycles. The predicted molar refractivity (Wildman–Crippen MR) is 125 cm³/mol. The standard InChI is InChI=1S/C25H26N4O4/c30-23(27-20-7-2-1-3-8-20)19-6-4-14-29(17-19)25(32)26-16-18-10-12-21(13-11-18)28-24(31)22-9-5-15-33-22/h1-3,5,7-13,15,19H,4,6,14,16-17H2,(H,26,32)(H,27,30)(H,28,31)/t19-/m0/s1. The van der Waals surface area contributed by atoms with Crippen molar-refractivity contribution >= 4 is 29.2 Å². The Hall–Kier alpha value is -4.07. The maximum atomic E-state index is 12.7. The van der Waals surface area contributed by atoms with Gasteiger partial charge in [-0.15, -0.1) is 0 Å². The fourth-order valence-electron chi connectivity index (χ4n) is 3.74. The Morgan fingerprint density at radius 2 is 1.67 bits per heavy atom. The molecule has 0 spiro atoms. The second kappa shape index (κ2) is 10.5. The van der Waals surface area contributed by atoms with Crippen molar-refractivity contribution in [3.63, 3.8) is 0 Å². The van der Waals surface area contributed by atoms with Gasteiger partial charge in [0.1, 0.15) is 0 Å². The molecule has 0 unspecified atom stereocenters. The molecule has 2 heterocycles. The van der Waals surface area contributed by atoms with E-state index in [1.807, 2.05) is 42.5 Å². The molecule has 170 valence electrons. The number of likely N-dealkylation sites (tertiary alicyclic amines) is 1. The summed E-state index contributed by atoms with van der Waals surface area (Å²) in [5.74, 6) is -0.381. The Kier molecular flexibility index (Phi) is 7.04. The van der Waals surface area contributed by atoms with E-state index in [2.05, 4.69) is 16.0 Å². The molecule has 0 aliphatic carbocycles. The number of furan rings is 1. The molecule has 1 aliphatic heterocycles. The molecule has 3 aromatic rings. The number of anilines is 2. The lowest BCUT2D eigenvalue weighted by Crippen LogP contribution is -2.47. The minimum Gasteiger partial charge on any atom is -0.459 e. The van der Waals surface area contributed by atoms with Gasteiger partial charge >= 0.3 is 6.03 Å². The fraction of sp³-hybridized carbons (Fsp3) is 0.240. The summed E-state index contributed by atoms with van der Waals surface area (Å²) in [6, 6.07) is 19.6. The van der Waals surface area contributed by atoms with E-state index in [0.29, 0.717) is 25.3 Å². The first-order chi connectivity index (χ1) is 16.1. The molecule has 1 aliphatic rings. The third-order valence-corrected chi connectivity index (χ3v) is 5.52. The maximum absolute atomic E-state index is 12.7. The van der Waals surface area contributed by atoms with E-state index in [9.17, 15) is 14.4 Å². The fourth-order valence-corrected chi connectivity index (χ4v) is 3.74. The number of carbonyl (C=O) groups excluding carboxylic acids is 3. The van der Waals surface area contributed by atoms with Gasteiger partial charge in [-0.05, 0) is 54.8 Å². The quantitative estimate of drug-likeness (QED) is 0.530. The van der Waals surface area contributed by atoms with Crippen LogP contribution in [0.5, 0.6) is 0 Å². The molecule has 0 bridgehead atoms. The molecular weight excluding hydrogens is 420 g/mol. The second-order valence-corrected chi connectivity index (χ2v) is 7.93. The summed E-state index contributed by atoms with van der Waals surface area (Å²) >= 11 is 0. The maximum Gasteiger partial charge on any atom is 0.317 e. The Balaban J connectivity index is 1.25. The van der Waals surface area contributed by atoms with E-state index in [1.54, 1.807) is 29.2 Å². The Labute approximate surface area is 192 Å². The molecule has 33 heavy (non-hydrogen) atoms. The summed E-state index contributed by atoms with van der Waals surface area (Å²) in [4.78, 5) is 39.0. The van der Waals surface area contributed by atoms with Crippen LogP contribution in [0.25, 0.3) is 0 Å². The molecule has 1 fully saturated rings. The zero-order chi connectivity index (χ0) is 23.0. The highest BCUT2D eigenvalue weighted by Gasteiger charge is 2.28. The largest absolute Gasteiger partial charge is 0.459 e. The number of nitrogens with one attached hydrogen (secondary N) is 3. The Morgan fingerprint density at radius 3 is 2.39 bits per heavy atom. The number of para-hydroxylation sites is 1. The molecule has 1 saturated heterocycles. The lowest BCUT2D eigenvalue weighted by Gasteiger charge is -2.32. The number of carbonyl (C=O) groups is 3. The van der Waals surface area contributed by atoms with Gasteiger partial charge in [0.15, 0.2) is 5.76 Å². The van der Waals surface area contributed by atoms with E-state index in [-0.39, 0.29) is 29.5 Å². The molecule has 8 nitrogen and oxygen atoms in total. The summed E-state index contributed by atoms with van der Waals surface area (Å²) in [5, 5.41) is 8.59. The minimum absolute atomic E-state index is 0.0640. The van der Waals surface area contributed by atoms with Gasteiger partial charge in [0.2, 0.25) is 5.91 Å². The first-order valence-electron chi connectivity index (χ1n) is 10.9. The van der Waals surface area contributed by atoms with Crippen LogP contribution in [0.15, 0.2) is 77.4 Å². The number of nitrogens with zero attached hydrogens (tertiary/aromatic N) is 1. The molecule has 3 N–H and O–H groups in total. The van der Waals surface area contributed by atoms with Crippen molar-refractivity contribution in [3.8, 4) is 0 Å². The van der Waals surface area contributed by atoms with Gasteiger partial charge in [-0.3, -0.25) is 9.59 Å². The highest BCUT2D eigenvalue weighted by atomic mass is 16.3. The van der Waals surface area contributed by atoms with Gasteiger partial charge in [-0.1, -0.05) is 30.3 Å². The smallest absolute Gasteiger partial charge is 0.317 e. The van der Waals surface area contributed by atoms with Crippen LogP contribution in [0.2, 0.25) is 0 Å². The first kappa shape index (κ1) is 22.1. The third kappa shape index (κ3) is 6.00. The highest BCUT2D eigenvalue weighted by Crippen LogP contribution is 2.19. The molecule has 1 aromatic heterocycles. The van der Waals surface area contributed by atoms with Gasteiger partial charge < -0.3 is 25.3 Å². The zero-order valence-electron chi connectivity index (χ0n) is 18.1. The van der Waals surface area contributed by atoms with Gasteiger partial charge in [0.25, 0.3) is 5.91 Å². The van der Waals surface area contributed by atoms with Crippen molar-refractivity contribution in [2.24, 2.45) is 5.92 Å². The van der Waals surface area contributed by atoms with Crippen molar-refractivity contribution in [3.05, 3.63) is 84.3 Å². The van der Waals surface area contributed by atoms with E-state index in [0.717, 1.165) is 24.1 Å². The summed E-state index contributed by atoms with van der Waals surface area (Å²) in [7, 11) is 0. The molecule has 0 radical (unpaired) electrons. The van der Waals surface area contributed by atoms with E-state index < -0.39 is 0 Å². The van der Waals surface area contributed by atoms with Crippen LogP contribution in [0, 0.1) is 5.92 Å². The van der Waals surface area contributed by atoms with Crippen molar-refractivity contribution in [2.75, 3.05) is 23.7 Å². The summed E-state index contributed by atoms with van der Waals surface area (Å²) in [5.41, 5.74) is 2.29. The van der Waals surface area contributed by atoms with Crippen molar-refractivity contribution in [1.82, 2.24) is 10.2 Å². The number of hydrogen-bond acceptors (Lipinski definition) is 4. The molecule has 4 amide bonds. The SMILES string of the molecule is O=C(Nc1ccc(CNC(=O)N2CCC[C@H](C(=O)Nc3ccccc3)C2)cc1)c1ccco1. The van der Waals surface area contributed by atoms with Gasteiger partial charge in [0.05, 0.1) is 12.2 Å². The Morgan fingerprint density at radius 1 is 0.909 bits per heavy atom. The predicted octanol–water partition coefficient (Wildman–Crippen LogP) is 4.09. The minimum atomic E-state index is -0.322. The number of hydrogen-bond donors (Lipinski definition) is 3. The monoisotopic (exact) mass is 446 g/mol. The number of benzene rings is 2. The number of rotatable bonds is 6. The van der Waals surface area contributed by atoms with Crippen LogP contribution in [0.1, 0.15) is 29.0 Å². The van der Waals surface area contributed by atoms with Gasteiger partial charge in [-0.2, -0.15) is 0 Å². The van der Waals surface area contributed by atoms with Crippen molar-refractivity contribution < 1.29 is 18.8 Å². The van der Waals surface area contributed by atoms with Crippen LogP contribution in [-0.4, -0.2) is 35.8 Å². The van der Waals surface area contributed by atoms with E-state index >= 15 is 0 Å². The summed E-state index contributed by atoms with van der Waals surface area (Å²) < 4.78 is 5.08. The molecule has 4 rings (SSSR count). The zero-order valence-corrected chi connectivity index (χ0v) is 18.1. The first-order valence-corrected chi connectivity index (χ1v) is 10.9. The van der Waals surface area contributed by atoms with Crippen LogP contribution in [0.3, 0.4) is 0 Å². The number of amides is 4. The van der Waals surface area contributed by atoms with Gasteiger partial charge in [-0.25, -0.2) is 4.79 Å². The summed E-state index contributed by atoms with van der Waals surface area (Å²) in [6.07, 6.45) is 2.99. The van der Waals surface area contributed by atoms with Crippen LogP contribution in [-0.2, 0) is 11.3 Å². The van der Waals surface area contributed by atoms with Crippen LogP contribution < -0.4 is 16.0 Å². The van der Waals surface area contributed by atoms with E-state index in [4.69, 9.17) is 4.42 Å². The molecule has 0 saturated carbocycles. The average molecular weight is 447 g/mol. The van der Waals surface area contributed by atoms with Crippen molar-refractivity contribution in [1.29, 1.82) is 0 Å². The lowest BCUT2D eigenvalue weighted by atomic mass is 9.97. The third-order valence-electron chi connectivity index (χ3n) is 5.52. The molecule has 1 atom stereocenters. The van der Waals surface area contributed by atoms with E-state index in [1.165, 1.54) is 6.26 Å². The molecule has 8 heteroatoms. The van der Waals surface area contributed by atoms with Gasteiger partial charge in [0, 0.05) is 31.0 Å². The summed E-state index contributed by atoms with van der Waals surface area (Å²) in [6.45, 7) is 1.36.